The van der Waals surface area contributed by atoms with Gasteiger partial charge >= 0.3 is 0 Å². The van der Waals surface area contributed by atoms with Gasteiger partial charge in [0.05, 0.1) is 11.8 Å². The maximum Gasteiger partial charge on any atom is 0.247 e. The zero-order valence-corrected chi connectivity index (χ0v) is 14.3. The predicted octanol–water partition coefficient (Wildman–Crippen LogP) is 2.21. The SMILES string of the molecule is C[C@@H](C(=O)Nc1ccc(F)cc1)N1C(=O)[C@@H]2[C@@H]3C=C[C@H]([C@H]4C[C@H]34)[C@@H]2C1=O. The monoisotopic (exact) mass is 354 g/mol. The minimum Gasteiger partial charge on any atom is -0.324 e. The van der Waals surface area contributed by atoms with Crippen LogP contribution in [0.25, 0.3) is 0 Å². The number of hydrogen-bond donors (Lipinski definition) is 1. The van der Waals surface area contributed by atoms with E-state index in [0.29, 0.717) is 17.5 Å². The van der Waals surface area contributed by atoms with Gasteiger partial charge in [0.25, 0.3) is 0 Å². The molecular formula is C20H19FN2O3. The fraction of sp³-hybridized carbons (Fsp3) is 0.450. The maximum atomic E-state index is 13.0. The Bertz CT molecular complexity index is 813. The summed E-state index contributed by atoms with van der Waals surface area (Å²) in [7, 11) is 0. The number of rotatable bonds is 3. The standard InChI is InChI=1S/C20H19FN2O3/c1-9(18(24)22-11-4-2-10(21)3-5-11)23-19(25)16-12-6-7-13(15-8-14(12)15)17(16)20(23)26/h2-7,9,12-17H,8H2,1H3,(H,22,24)/t9-,12+,13+,14+,15+,16-,17+/m0/s1. The van der Waals surface area contributed by atoms with Crippen LogP contribution in [-0.2, 0) is 14.4 Å². The third-order valence-corrected chi connectivity index (χ3v) is 6.58. The summed E-state index contributed by atoms with van der Waals surface area (Å²) in [6, 6.07) is 4.50. The number of halogens is 1. The first-order chi connectivity index (χ1) is 12.5. The van der Waals surface area contributed by atoms with Crippen LogP contribution in [0.2, 0.25) is 0 Å². The van der Waals surface area contributed by atoms with E-state index in [0.717, 1.165) is 11.3 Å². The highest BCUT2D eigenvalue weighted by Gasteiger charge is 2.67. The molecule has 1 heterocycles. The molecule has 1 saturated heterocycles. The molecule has 1 aromatic carbocycles. The van der Waals surface area contributed by atoms with E-state index >= 15 is 0 Å². The van der Waals surface area contributed by atoms with Crippen LogP contribution in [0.3, 0.4) is 0 Å². The van der Waals surface area contributed by atoms with Crippen molar-refractivity contribution >= 4 is 23.4 Å². The molecule has 0 unspecified atom stereocenters. The molecule has 4 aliphatic carbocycles. The van der Waals surface area contributed by atoms with Crippen molar-refractivity contribution in [3.63, 3.8) is 0 Å². The molecule has 0 aromatic heterocycles. The number of anilines is 1. The molecule has 6 rings (SSSR count). The molecule has 3 fully saturated rings. The highest BCUT2D eigenvalue weighted by molar-refractivity contribution is 6.10. The topological polar surface area (TPSA) is 66.5 Å². The number of likely N-dealkylation sites (tertiary alicyclic amines) is 1. The summed E-state index contributed by atoms with van der Waals surface area (Å²) in [4.78, 5) is 39.7. The lowest BCUT2D eigenvalue weighted by Gasteiger charge is -2.37. The Labute approximate surface area is 150 Å². The molecule has 1 aliphatic heterocycles. The molecule has 7 atom stereocenters. The molecule has 3 amide bonds. The summed E-state index contributed by atoms with van der Waals surface area (Å²) >= 11 is 0. The number of hydrogen-bond acceptors (Lipinski definition) is 3. The van der Waals surface area contributed by atoms with E-state index in [4.69, 9.17) is 0 Å². The van der Waals surface area contributed by atoms with Crippen LogP contribution in [-0.4, -0.2) is 28.7 Å². The Kier molecular flexibility index (Phi) is 3.18. The van der Waals surface area contributed by atoms with Crippen LogP contribution >= 0.6 is 0 Å². The zero-order chi connectivity index (χ0) is 18.2. The fourth-order valence-electron chi connectivity index (χ4n) is 5.26. The van der Waals surface area contributed by atoms with Gasteiger partial charge < -0.3 is 5.32 Å². The lowest BCUT2D eigenvalue weighted by Crippen LogP contribution is -2.46. The number of carbonyl (C=O) groups excluding carboxylic acids is 3. The molecule has 2 saturated carbocycles. The highest BCUT2D eigenvalue weighted by Crippen LogP contribution is 2.65. The van der Waals surface area contributed by atoms with Gasteiger partial charge in [-0.3, -0.25) is 19.3 Å². The van der Waals surface area contributed by atoms with Gasteiger partial charge in [-0.2, -0.15) is 0 Å². The number of allylic oxidation sites excluding steroid dienone is 2. The summed E-state index contributed by atoms with van der Waals surface area (Å²) in [6.07, 6.45) is 5.33. The quantitative estimate of drug-likeness (QED) is 0.668. The van der Waals surface area contributed by atoms with Gasteiger partial charge in [-0.15, -0.1) is 0 Å². The second-order valence-electron chi connectivity index (χ2n) is 7.87. The Morgan fingerprint density at radius 1 is 1.08 bits per heavy atom. The summed E-state index contributed by atoms with van der Waals surface area (Å²) in [5, 5.41) is 2.66. The highest BCUT2D eigenvalue weighted by atomic mass is 19.1. The van der Waals surface area contributed by atoms with Crippen molar-refractivity contribution < 1.29 is 18.8 Å². The van der Waals surface area contributed by atoms with E-state index in [2.05, 4.69) is 17.5 Å². The Morgan fingerprint density at radius 3 is 2.15 bits per heavy atom. The summed E-state index contributed by atoms with van der Waals surface area (Å²) in [5.41, 5.74) is 0.433. The molecular weight excluding hydrogens is 335 g/mol. The first kappa shape index (κ1) is 15.7. The van der Waals surface area contributed by atoms with E-state index in [1.54, 1.807) is 6.92 Å². The minimum absolute atomic E-state index is 0.142. The zero-order valence-electron chi connectivity index (χ0n) is 14.3. The Hall–Kier alpha value is -2.50. The van der Waals surface area contributed by atoms with Gasteiger partial charge in [-0.1, -0.05) is 12.2 Å². The van der Waals surface area contributed by atoms with Crippen LogP contribution in [0.15, 0.2) is 36.4 Å². The number of carbonyl (C=O) groups is 3. The average molecular weight is 354 g/mol. The fourth-order valence-corrected chi connectivity index (χ4v) is 5.26. The lowest BCUT2D eigenvalue weighted by molar-refractivity contribution is -0.146. The maximum absolute atomic E-state index is 13.0. The van der Waals surface area contributed by atoms with E-state index in [-0.39, 0.29) is 35.5 Å². The van der Waals surface area contributed by atoms with Crippen molar-refractivity contribution in [2.24, 2.45) is 35.5 Å². The normalized spacial score (nSPS) is 37.4. The van der Waals surface area contributed by atoms with Gasteiger partial charge in [0, 0.05) is 5.69 Å². The summed E-state index contributed by atoms with van der Waals surface area (Å²) in [5.74, 6) is -0.526. The van der Waals surface area contributed by atoms with Crippen LogP contribution < -0.4 is 5.32 Å². The first-order valence-electron chi connectivity index (χ1n) is 9.09. The van der Waals surface area contributed by atoms with Crippen LogP contribution in [0, 0.1) is 41.3 Å². The van der Waals surface area contributed by atoms with E-state index in [9.17, 15) is 18.8 Å². The van der Waals surface area contributed by atoms with Crippen molar-refractivity contribution in [1.29, 1.82) is 0 Å². The number of imide groups is 1. The first-order valence-corrected chi connectivity index (χ1v) is 9.09. The van der Waals surface area contributed by atoms with Crippen LogP contribution in [0.5, 0.6) is 0 Å². The average Bonchev–Trinajstić information content (AvgIpc) is 3.41. The second-order valence-corrected chi connectivity index (χ2v) is 7.87. The van der Waals surface area contributed by atoms with Gasteiger partial charge in [0.2, 0.25) is 17.7 Å². The van der Waals surface area contributed by atoms with Crippen molar-refractivity contribution in [2.75, 3.05) is 5.32 Å². The molecule has 2 bridgehead atoms. The largest absolute Gasteiger partial charge is 0.324 e. The number of nitrogens with zero attached hydrogens (tertiary/aromatic N) is 1. The van der Waals surface area contributed by atoms with E-state index in [1.165, 1.54) is 24.3 Å². The molecule has 1 N–H and O–H groups in total. The molecule has 0 radical (unpaired) electrons. The van der Waals surface area contributed by atoms with E-state index < -0.39 is 17.8 Å². The molecule has 5 aliphatic rings. The Morgan fingerprint density at radius 2 is 1.62 bits per heavy atom. The summed E-state index contributed by atoms with van der Waals surface area (Å²) < 4.78 is 13.0. The molecule has 26 heavy (non-hydrogen) atoms. The molecule has 6 heteroatoms. The number of amides is 3. The summed E-state index contributed by atoms with van der Waals surface area (Å²) in [6.45, 7) is 1.57. The molecule has 134 valence electrons. The van der Waals surface area contributed by atoms with Gasteiger partial charge in [-0.25, -0.2) is 4.39 Å². The third kappa shape index (κ3) is 2.04. The van der Waals surface area contributed by atoms with Crippen LogP contribution in [0.4, 0.5) is 10.1 Å². The van der Waals surface area contributed by atoms with Crippen molar-refractivity contribution in [3.05, 3.63) is 42.2 Å². The molecule has 5 nitrogen and oxygen atoms in total. The lowest BCUT2D eigenvalue weighted by atomic mass is 9.63. The molecule has 1 aromatic rings. The third-order valence-electron chi connectivity index (χ3n) is 6.58. The minimum atomic E-state index is -0.888. The smallest absolute Gasteiger partial charge is 0.247 e. The number of benzene rings is 1. The van der Waals surface area contributed by atoms with Crippen molar-refractivity contribution in [3.8, 4) is 0 Å². The van der Waals surface area contributed by atoms with Crippen LogP contribution in [0.1, 0.15) is 13.3 Å². The van der Waals surface area contributed by atoms with Gasteiger partial charge in [0.15, 0.2) is 0 Å². The predicted molar refractivity (Wildman–Crippen MR) is 91.0 cm³/mol. The van der Waals surface area contributed by atoms with Crippen molar-refractivity contribution in [2.45, 2.75) is 19.4 Å². The second kappa shape index (κ2) is 5.25. The van der Waals surface area contributed by atoms with Gasteiger partial charge in [0.1, 0.15) is 11.9 Å². The van der Waals surface area contributed by atoms with Gasteiger partial charge in [-0.05, 0) is 61.3 Å². The molecule has 0 spiro atoms. The van der Waals surface area contributed by atoms with Crippen molar-refractivity contribution in [1.82, 2.24) is 4.90 Å². The number of nitrogens with one attached hydrogen (secondary N) is 1. The van der Waals surface area contributed by atoms with E-state index in [1.807, 2.05) is 0 Å². The Balaban J connectivity index is 1.37.